The summed E-state index contributed by atoms with van der Waals surface area (Å²) >= 11 is 4.67. The first-order chi connectivity index (χ1) is 12.1. The Hall–Kier alpha value is -2.05. The minimum atomic E-state index is -0.158. The molecule has 0 aliphatic carbocycles. The zero-order valence-electron chi connectivity index (χ0n) is 13.3. The molecule has 126 valence electrons. The zero-order valence-corrected chi connectivity index (χ0v) is 15.7. The van der Waals surface area contributed by atoms with Crippen LogP contribution >= 0.6 is 27.7 Å². The Morgan fingerprint density at radius 3 is 2.52 bits per heavy atom. The number of halogens is 1. The number of imide groups is 1. The van der Waals surface area contributed by atoms with E-state index in [0.29, 0.717) is 6.54 Å². The molecule has 1 fully saturated rings. The van der Waals surface area contributed by atoms with Gasteiger partial charge in [-0.1, -0.05) is 58.0 Å². The van der Waals surface area contributed by atoms with Gasteiger partial charge in [0.15, 0.2) is 0 Å². The van der Waals surface area contributed by atoms with Gasteiger partial charge in [-0.2, -0.15) is 0 Å². The summed E-state index contributed by atoms with van der Waals surface area (Å²) in [6, 6.07) is 16.2. The number of fused-ring (bicyclic) bond motifs is 1. The second kappa shape index (κ2) is 6.69. The number of thioether (sulfide) groups is 1. The van der Waals surface area contributed by atoms with Crippen LogP contribution < -0.4 is 0 Å². The van der Waals surface area contributed by atoms with Gasteiger partial charge in [-0.15, -0.1) is 0 Å². The van der Waals surface area contributed by atoms with Crippen molar-refractivity contribution in [1.29, 1.82) is 0 Å². The largest absolute Gasteiger partial charge is 0.343 e. The van der Waals surface area contributed by atoms with E-state index < -0.39 is 0 Å². The van der Waals surface area contributed by atoms with Crippen LogP contribution in [0, 0.1) is 0 Å². The SMILES string of the molecule is O=C1CSC(=O)N1Cc1cccc2c1ccn2Cc1ccccc1Br. The standard InChI is InChI=1S/C19H15BrN2O2S/c20-16-6-2-1-4-14(16)10-21-9-8-15-13(5-3-7-17(15)21)11-22-18(23)12-25-19(22)24/h1-9H,10-12H2. The number of nitrogens with zero attached hydrogens (tertiary/aromatic N) is 2. The second-order valence-electron chi connectivity index (χ2n) is 5.92. The molecule has 25 heavy (non-hydrogen) atoms. The van der Waals surface area contributed by atoms with E-state index in [-0.39, 0.29) is 16.9 Å². The van der Waals surface area contributed by atoms with Crippen LogP contribution in [0.1, 0.15) is 11.1 Å². The third-order valence-corrected chi connectivity index (χ3v) is 6.00. The van der Waals surface area contributed by atoms with Gasteiger partial charge in [0.05, 0.1) is 12.3 Å². The molecule has 0 bridgehead atoms. The van der Waals surface area contributed by atoms with Crippen LogP contribution in [0.25, 0.3) is 10.9 Å². The molecule has 0 saturated carbocycles. The zero-order chi connectivity index (χ0) is 17.4. The second-order valence-corrected chi connectivity index (χ2v) is 7.70. The maximum absolute atomic E-state index is 11.9. The van der Waals surface area contributed by atoms with Gasteiger partial charge in [-0.25, -0.2) is 0 Å². The highest BCUT2D eigenvalue weighted by molar-refractivity contribution is 9.10. The highest BCUT2D eigenvalue weighted by Gasteiger charge is 2.30. The maximum Gasteiger partial charge on any atom is 0.289 e. The van der Waals surface area contributed by atoms with E-state index in [2.05, 4.69) is 44.9 Å². The number of hydrogen-bond donors (Lipinski definition) is 0. The average molecular weight is 415 g/mol. The molecule has 2 heterocycles. The number of hydrogen-bond acceptors (Lipinski definition) is 3. The minimum absolute atomic E-state index is 0.111. The number of carbonyl (C=O) groups is 2. The first-order valence-electron chi connectivity index (χ1n) is 7.91. The third kappa shape index (κ3) is 3.12. The van der Waals surface area contributed by atoms with Crippen molar-refractivity contribution in [2.75, 3.05) is 5.75 Å². The van der Waals surface area contributed by atoms with Crippen molar-refractivity contribution >= 4 is 49.7 Å². The maximum atomic E-state index is 11.9. The molecule has 0 unspecified atom stereocenters. The van der Waals surface area contributed by atoms with E-state index in [1.807, 2.05) is 30.3 Å². The monoisotopic (exact) mass is 414 g/mol. The molecule has 4 nitrogen and oxygen atoms in total. The Morgan fingerprint density at radius 1 is 0.960 bits per heavy atom. The lowest BCUT2D eigenvalue weighted by Crippen LogP contribution is -2.27. The van der Waals surface area contributed by atoms with E-state index in [4.69, 9.17) is 0 Å². The van der Waals surface area contributed by atoms with E-state index >= 15 is 0 Å². The van der Waals surface area contributed by atoms with Crippen LogP contribution in [0.4, 0.5) is 4.79 Å². The Balaban J connectivity index is 1.67. The molecule has 4 rings (SSSR count). The Labute approximate surface area is 157 Å². The van der Waals surface area contributed by atoms with Gasteiger partial charge in [-0.3, -0.25) is 14.5 Å². The first kappa shape index (κ1) is 16.4. The van der Waals surface area contributed by atoms with Crippen molar-refractivity contribution in [2.24, 2.45) is 0 Å². The van der Waals surface area contributed by atoms with Gasteiger partial charge in [-0.05, 0) is 29.3 Å². The number of benzene rings is 2. The van der Waals surface area contributed by atoms with Gasteiger partial charge in [0.1, 0.15) is 0 Å². The predicted molar refractivity (Wildman–Crippen MR) is 104 cm³/mol. The predicted octanol–water partition coefficient (Wildman–Crippen LogP) is 4.65. The fourth-order valence-corrected chi connectivity index (χ4v) is 4.21. The summed E-state index contributed by atoms with van der Waals surface area (Å²) in [5, 5.41) is 0.918. The van der Waals surface area contributed by atoms with Gasteiger partial charge in [0.2, 0.25) is 5.91 Å². The number of amides is 2. The molecule has 3 aromatic rings. The lowest BCUT2D eigenvalue weighted by molar-refractivity contribution is -0.124. The van der Waals surface area contributed by atoms with Crippen molar-refractivity contribution in [3.63, 3.8) is 0 Å². The molecule has 0 radical (unpaired) electrons. The van der Waals surface area contributed by atoms with Crippen LogP contribution in [0.3, 0.4) is 0 Å². The normalized spacial score (nSPS) is 14.7. The minimum Gasteiger partial charge on any atom is -0.343 e. The van der Waals surface area contributed by atoms with E-state index in [1.165, 1.54) is 10.5 Å². The molecule has 1 aliphatic rings. The summed E-state index contributed by atoms with van der Waals surface area (Å²) in [7, 11) is 0. The lowest BCUT2D eigenvalue weighted by Gasteiger charge is -2.14. The number of carbonyl (C=O) groups excluding carboxylic acids is 2. The highest BCUT2D eigenvalue weighted by Crippen LogP contribution is 2.27. The van der Waals surface area contributed by atoms with Crippen LogP contribution in [0.2, 0.25) is 0 Å². The molecule has 0 N–H and O–H groups in total. The van der Waals surface area contributed by atoms with E-state index in [9.17, 15) is 9.59 Å². The van der Waals surface area contributed by atoms with Gasteiger partial charge in [0, 0.05) is 28.1 Å². The highest BCUT2D eigenvalue weighted by atomic mass is 79.9. The van der Waals surface area contributed by atoms with E-state index in [1.54, 1.807) is 0 Å². The summed E-state index contributed by atoms with van der Waals surface area (Å²) < 4.78 is 3.26. The molecular formula is C19H15BrN2O2S. The van der Waals surface area contributed by atoms with Crippen LogP contribution in [0.5, 0.6) is 0 Å². The molecule has 1 saturated heterocycles. The third-order valence-electron chi connectivity index (χ3n) is 4.37. The number of rotatable bonds is 4. The Bertz CT molecular complexity index is 966. The summed E-state index contributed by atoms with van der Waals surface area (Å²) in [6.07, 6.45) is 2.05. The molecule has 2 amide bonds. The van der Waals surface area contributed by atoms with Gasteiger partial charge >= 0.3 is 0 Å². The van der Waals surface area contributed by atoms with Crippen molar-refractivity contribution < 1.29 is 9.59 Å². The summed E-state index contributed by atoms with van der Waals surface area (Å²) in [5.41, 5.74) is 3.29. The van der Waals surface area contributed by atoms with Crippen LogP contribution in [-0.2, 0) is 17.9 Å². The van der Waals surface area contributed by atoms with E-state index in [0.717, 1.165) is 39.2 Å². The Morgan fingerprint density at radius 2 is 1.76 bits per heavy atom. The summed E-state index contributed by atoms with van der Waals surface area (Å²) in [6.45, 7) is 1.09. The topological polar surface area (TPSA) is 42.3 Å². The molecule has 2 aromatic carbocycles. The van der Waals surface area contributed by atoms with Crippen LogP contribution in [0.15, 0.2) is 59.2 Å². The van der Waals surface area contributed by atoms with Crippen molar-refractivity contribution in [1.82, 2.24) is 9.47 Å². The lowest BCUT2D eigenvalue weighted by atomic mass is 10.1. The molecule has 0 spiro atoms. The summed E-state index contributed by atoms with van der Waals surface area (Å²) in [4.78, 5) is 25.1. The Kier molecular flexibility index (Phi) is 4.39. The first-order valence-corrected chi connectivity index (χ1v) is 9.68. The number of aromatic nitrogens is 1. The van der Waals surface area contributed by atoms with Crippen molar-refractivity contribution in [3.8, 4) is 0 Å². The fourth-order valence-electron chi connectivity index (χ4n) is 3.08. The summed E-state index contributed by atoms with van der Waals surface area (Å²) in [5.74, 6) is 0.136. The molecule has 1 aliphatic heterocycles. The molecular weight excluding hydrogens is 400 g/mol. The van der Waals surface area contributed by atoms with Gasteiger partial charge < -0.3 is 4.57 Å². The molecule has 1 aromatic heterocycles. The quantitative estimate of drug-likeness (QED) is 0.623. The fraction of sp³-hybridized carbons (Fsp3) is 0.158. The van der Waals surface area contributed by atoms with Crippen molar-refractivity contribution in [2.45, 2.75) is 13.1 Å². The van der Waals surface area contributed by atoms with Crippen LogP contribution in [-0.4, -0.2) is 26.4 Å². The van der Waals surface area contributed by atoms with Crippen molar-refractivity contribution in [3.05, 3.63) is 70.3 Å². The molecule has 0 atom stereocenters. The average Bonchev–Trinajstić information content (AvgIpc) is 3.16. The van der Waals surface area contributed by atoms with Gasteiger partial charge in [0.25, 0.3) is 5.24 Å². The molecule has 6 heteroatoms. The smallest absolute Gasteiger partial charge is 0.289 e.